The Labute approximate surface area is 85.8 Å². The Morgan fingerprint density at radius 3 is 2.79 bits per heavy atom. The molecule has 1 saturated carbocycles. The van der Waals surface area contributed by atoms with E-state index >= 15 is 0 Å². The first-order valence-corrected chi connectivity index (χ1v) is 5.27. The Balaban J connectivity index is 2.35. The average Bonchev–Trinajstić information content (AvgIpc) is 3.01. The minimum absolute atomic E-state index is 0.0219. The summed E-state index contributed by atoms with van der Waals surface area (Å²) in [4.78, 5) is 0. The van der Waals surface area contributed by atoms with Gasteiger partial charge >= 0.3 is 0 Å². The minimum atomic E-state index is 0.0219. The standard InChI is InChI=1S/C13H17O/c1-9(8-14)12-4-3-5-13(10(12)2)11-6-7-11/h3-5,9,11,14H,1,6-8H2,2H3. The lowest BCUT2D eigenvalue weighted by atomic mass is 9.92. The minimum Gasteiger partial charge on any atom is -0.396 e. The van der Waals surface area contributed by atoms with Crippen LogP contribution in [-0.4, -0.2) is 11.7 Å². The van der Waals surface area contributed by atoms with E-state index in [1.54, 1.807) is 0 Å². The molecule has 1 aromatic rings. The van der Waals surface area contributed by atoms with Gasteiger partial charge in [0, 0.05) is 12.5 Å². The number of aliphatic hydroxyl groups is 1. The molecular weight excluding hydrogens is 172 g/mol. The molecule has 0 saturated heterocycles. The molecule has 1 heteroatoms. The molecule has 1 atom stereocenters. The van der Waals surface area contributed by atoms with E-state index in [1.165, 1.54) is 29.5 Å². The monoisotopic (exact) mass is 189 g/mol. The van der Waals surface area contributed by atoms with E-state index in [0.717, 1.165) is 5.92 Å². The lowest BCUT2D eigenvalue weighted by Gasteiger charge is -2.14. The van der Waals surface area contributed by atoms with Gasteiger partial charge in [-0.05, 0) is 49.3 Å². The molecular formula is C13H17O. The summed E-state index contributed by atoms with van der Waals surface area (Å²) in [5.41, 5.74) is 4.01. The maximum Gasteiger partial charge on any atom is 0.0499 e. The van der Waals surface area contributed by atoms with Crippen molar-refractivity contribution in [1.82, 2.24) is 0 Å². The highest BCUT2D eigenvalue weighted by Crippen LogP contribution is 2.42. The van der Waals surface area contributed by atoms with Crippen LogP contribution in [0.5, 0.6) is 0 Å². The topological polar surface area (TPSA) is 20.2 Å². The van der Waals surface area contributed by atoms with Gasteiger partial charge in [0.2, 0.25) is 0 Å². The van der Waals surface area contributed by atoms with Gasteiger partial charge < -0.3 is 5.11 Å². The van der Waals surface area contributed by atoms with Gasteiger partial charge in [0.05, 0.1) is 0 Å². The van der Waals surface area contributed by atoms with Crippen molar-refractivity contribution in [2.75, 3.05) is 6.61 Å². The van der Waals surface area contributed by atoms with Crippen LogP contribution in [0.3, 0.4) is 0 Å². The van der Waals surface area contributed by atoms with Crippen LogP contribution in [0, 0.1) is 13.8 Å². The molecule has 1 nitrogen and oxygen atoms in total. The van der Waals surface area contributed by atoms with Gasteiger partial charge in [-0.25, -0.2) is 0 Å². The third-order valence-corrected chi connectivity index (χ3v) is 3.09. The predicted molar refractivity (Wildman–Crippen MR) is 58.3 cm³/mol. The van der Waals surface area contributed by atoms with E-state index in [4.69, 9.17) is 5.11 Å². The van der Waals surface area contributed by atoms with E-state index in [0.29, 0.717) is 0 Å². The number of hydrogen-bond acceptors (Lipinski definition) is 1. The molecule has 0 aromatic heterocycles. The molecule has 0 heterocycles. The zero-order valence-electron chi connectivity index (χ0n) is 8.66. The Morgan fingerprint density at radius 2 is 2.21 bits per heavy atom. The average molecular weight is 189 g/mol. The summed E-state index contributed by atoms with van der Waals surface area (Å²) < 4.78 is 0. The van der Waals surface area contributed by atoms with Crippen LogP contribution in [0.2, 0.25) is 0 Å². The molecule has 0 aliphatic heterocycles. The second-order valence-electron chi connectivity index (χ2n) is 4.22. The summed E-state index contributed by atoms with van der Waals surface area (Å²) >= 11 is 0. The summed E-state index contributed by atoms with van der Waals surface area (Å²) in [5.74, 6) is 0.801. The quantitative estimate of drug-likeness (QED) is 0.775. The third kappa shape index (κ3) is 1.69. The Bertz CT molecular complexity index is 326. The maximum absolute atomic E-state index is 9.10. The molecule has 1 fully saturated rings. The van der Waals surface area contributed by atoms with Gasteiger partial charge in [-0.3, -0.25) is 0 Å². The highest BCUT2D eigenvalue weighted by Gasteiger charge is 2.26. The predicted octanol–water partition coefficient (Wildman–Crippen LogP) is 2.78. The summed E-state index contributed by atoms with van der Waals surface area (Å²) in [5, 5.41) is 9.10. The highest BCUT2D eigenvalue weighted by molar-refractivity contribution is 5.40. The van der Waals surface area contributed by atoms with Crippen LogP contribution in [0.15, 0.2) is 18.2 Å². The van der Waals surface area contributed by atoms with Crippen LogP contribution in [0.25, 0.3) is 0 Å². The Morgan fingerprint density at radius 1 is 1.50 bits per heavy atom. The molecule has 1 aromatic carbocycles. The SMILES string of the molecule is [CH2]C(CO)c1cccc(C2CC2)c1C. The zero-order chi connectivity index (χ0) is 10.1. The molecule has 1 aliphatic rings. The molecule has 1 unspecified atom stereocenters. The normalized spacial score (nSPS) is 18.2. The number of rotatable bonds is 3. The third-order valence-electron chi connectivity index (χ3n) is 3.09. The van der Waals surface area contributed by atoms with Gasteiger partial charge in [0.25, 0.3) is 0 Å². The fourth-order valence-electron chi connectivity index (χ4n) is 2.05. The van der Waals surface area contributed by atoms with E-state index < -0.39 is 0 Å². The molecule has 0 amide bonds. The van der Waals surface area contributed by atoms with Crippen molar-refractivity contribution < 1.29 is 5.11 Å². The molecule has 0 bridgehead atoms. The van der Waals surface area contributed by atoms with Crippen molar-refractivity contribution in [3.63, 3.8) is 0 Å². The molecule has 1 aliphatic carbocycles. The maximum atomic E-state index is 9.10. The fourth-order valence-corrected chi connectivity index (χ4v) is 2.05. The molecule has 75 valence electrons. The lowest BCUT2D eigenvalue weighted by molar-refractivity contribution is 0.282. The van der Waals surface area contributed by atoms with Crippen LogP contribution in [0.1, 0.15) is 41.4 Å². The first-order chi connectivity index (χ1) is 6.74. The van der Waals surface area contributed by atoms with Gasteiger partial charge in [-0.1, -0.05) is 18.2 Å². The molecule has 0 spiro atoms. The lowest BCUT2D eigenvalue weighted by Crippen LogP contribution is -2.03. The van der Waals surface area contributed by atoms with Gasteiger partial charge in [-0.2, -0.15) is 0 Å². The van der Waals surface area contributed by atoms with Crippen molar-refractivity contribution in [3.05, 3.63) is 41.8 Å². The zero-order valence-corrected chi connectivity index (χ0v) is 8.66. The Kier molecular flexibility index (Phi) is 2.60. The van der Waals surface area contributed by atoms with Gasteiger partial charge in [-0.15, -0.1) is 0 Å². The number of benzene rings is 1. The first kappa shape index (κ1) is 9.72. The Hall–Kier alpha value is -0.820. The van der Waals surface area contributed by atoms with Gasteiger partial charge in [0.15, 0.2) is 0 Å². The van der Waals surface area contributed by atoms with E-state index in [1.807, 2.05) is 0 Å². The van der Waals surface area contributed by atoms with Crippen LogP contribution >= 0.6 is 0 Å². The summed E-state index contributed by atoms with van der Waals surface area (Å²) in [7, 11) is 0. The molecule has 1 N–H and O–H groups in total. The summed E-state index contributed by atoms with van der Waals surface area (Å²) in [6.45, 7) is 6.24. The first-order valence-electron chi connectivity index (χ1n) is 5.27. The van der Waals surface area contributed by atoms with Gasteiger partial charge in [0.1, 0.15) is 0 Å². The second kappa shape index (κ2) is 3.74. The van der Waals surface area contributed by atoms with E-state index in [2.05, 4.69) is 32.0 Å². The van der Waals surface area contributed by atoms with Crippen LogP contribution in [-0.2, 0) is 0 Å². The summed E-state index contributed by atoms with van der Waals surface area (Å²) in [6, 6.07) is 6.37. The molecule has 1 radical (unpaired) electrons. The molecule has 14 heavy (non-hydrogen) atoms. The van der Waals surface area contributed by atoms with Crippen molar-refractivity contribution in [1.29, 1.82) is 0 Å². The van der Waals surface area contributed by atoms with Crippen LogP contribution < -0.4 is 0 Å². The highest BCUT2D eigenvalue weighted by atomic mass is 16.3. The smallest absolute Gasteiger partial charge is 0.0499 e. The van der Waals surface area contributed by atoms with E-state index in [9.17, 15) is 0 Å². The van der Waals surface area contributed by atoms with Crippen molar-refractivity contribution in [3.8, 4) is 0 Å². The molecule has 2 rings (SSSR count). The van der Waals surface area contributed by atoms with Crippen LogP contribution in [0.4, 0.5) is 0 Å². The number of aliphatic hydroxyl groups excluding tert-OH is 1. The van der Waals surface area contributed by atoms with Crippen molar-refractivity contribution in [2.24, 2.45) is 0 Å². The van der Waals surface area contributed by atoms with Crippen molar-refractivity contribution in [2.45, 2.75) is 31.6 Å². The fraction of sp³-hybridized carbons (Fsp3) is 0.462. The van der Waals surface area contributed by atoms with E-state index in [-0.39, 0.29) is 12.5 Å². The summed E-state index contributed by atoms with van der Waals surface area (Å²) in [6.07, 6.45) is 2.65. The number of hydrogen-bond donors (Lipinski definition) is 1. The second-order valence-corrected chi connectivity index (χ2v) is 4.22. The largest absolute Gasteiger partial charge is 0.396 e. The van der Waals surface area contributed by atoms with Crippen molar-refractivity contribution >= 4 is 0 Å².